The lowest BCUT2D eigenvalue weighted by Crippen LogP contribution is -2.23. The monoisotopic (exact) mass is 405 g/mol. The number of hydrogen-bond acceptors (Lipinski definition) is 6. The molecule has 9 heteroatoms. The number of hydrogen-bond donors (Lipinski definition) is 1. The molecule has 0 bridgehead atoms. The van der Waals surface area contributed by atoms with Crippen molar-refractivity contribution in [3.05, 3.63) is 41.7 Å². The van der Waals surface area contributed by atoms with Crippen LogP contribution >= 0.6 is 23.1 Å². The molecule has 0 saturated heterocycles. The molecule has 1 N–H and O–H groups in total. The third kappa shape index (κ3) is 4.92. The van der Waals surface area contributed by atoms with Crippen molar-refractivity contribution < 1.29 is 9.18 Å². The second-order valence-electron chi connectivity index (χ2n) is 6.41. The van der Waals surface area contributed by atoms with Crippen molar-refractivity contribution in [1.82, 2.24) is 19.7 Å². The normalized spacial score (nSPS) is 12.3. The van der Waals surface area contributed by atoms with E-state index >= 15 is 0 Å². The Morgan fingerprint density at radius 2 is 2.15 bits per heavy atom. The summed E-state index contributed by atoms with van der Waals surface area (Å²) in [6.07, 6.45) is 1.64. The van der Waals surface area contributed by atoms with Gasteiger partial charge in [0.1, 0.15) is 5.82 Å². The molecule has 142 valence electrons. The number of benzene rings is 1. The van der Waals surface area contributed by atoms with Crippen molar-refractivity contribution in [3.63, 3.8) is 0 Å². The van der Waals surface area contributed by atoms with E-state index in [1.165, 1.54) is 35.2 Å². The Hall–Kier alpha value is -2.26. The third-order valence-electron chi connectivity index (χ3n) is 3.66. The minimum Gasteiger partial charge on any atom is -0.302 e. The maximum Gasteiger partial charge on any atom is 0.239 e. The van der Waals surface area contributed by atoms with Crippen LogP contribution in [0.1, 0.15) is 20.8 Å². The van der Waals surface area contributed by atoms with Gasteiger partial charge >= 0.3 is 0 Å². The molecule has 0 aliphatic carbocycles. The Bertz CT molecular complexity index is 910. The van der Waals surface area contributed by atoms with E-state index in [1.54, 1.807) is 23.7 Å². The fourth-order valence-electron chi connectivity index (χ4n) is 2.45. The maximum absolute atomic E-state index is 13.6. The molecule has 2 aromatic heterocycles. The van der Waals surface area contributed by atoms with E-state index in [0.717, 1.165) is 0 Å². The van der Waals surface area contributed by atoms with Gasteiger partial charge in [-0.1, -0.05) is 37.7 Å². The van der Waals surface area contributed by atoms with E-state index in [9.17, 15) is 9.18 Å². The van der Waals surface area contributed by atoms with Gasteiger partial charge in [0.2, 0.25) is 5.91 Å². The van der Waals surface area contributed by atoms with Gasteiger partial charge in [0.05, 0.1) is 5.25 Å². The van der Waals surface area contributed by atoms with Crippen LogP contribution in [0, 0.1) is 11.7 Å². The Morgan fingerprint density at radius 3 is 2.81 bits per heavy atom. The van der Waals surface area contributed by atoms with E-state index in [4.69, 9.17) is 0 Å². The Labute approximate surface area is 165 Å². The molecule has 1 atom stereocenters. The average molecular weight is 406 g/mol. The summed E-state index contributed by atoms with van der Waals surface area (Å²) in [4.78, 5) is 16.5. The van der Waals surface area contributed by atoms with Gasteiger partial charge in [0.25, 0.3) is 0 Å². The number of amides is 1. The molecule has 27 heavy (non-hydrogen) atoms. The first-order valence-corrected chi connectivity index (χ1v) is 10.3. The Kier molecular flexibility index (Phi) is 6.22. The second kappa shape index (κ2) is 8.62. The molecule has 3 rings (SSSR count). The van der Waals surface area contributed by atoms with E-state index in [0.29, 0.717) is 34.1 Å². The molecule has 0 aliphatic heterocycles. The second-order valence-corrected chi connectivity index (χ2v) is 8.61. The summed E-state index contributed by atoms with van der Waals surface area (Å²) in [5.41, 5.74) is 0.662. The van der Waals surface area contributed by atoms with Gasteiger partial charge in [-0.2, -0.15) is 0 Å². The molecule has 6 nitrogen and oxygen atoms in total. The van der Waals surface area contributed by atoms with Gasteiger partial charge < -0.3 is 9.88 Å². The van der Waals surface area contributed by atoms with Crippen LogP contribution in [0.3, 0.4) is 0 Å². The van der Waals surface area contributed by atoms with Crippen LogP contribution in [0.25, 0.3) is 11.4 Å². The fourth-order valence-corrected chi connectivity index (χ4v) is 3.84. The zero-order valence-electron chi connectivity index (χ0n) is 15.2. The molecule has 1 aromatic carbocycles. The molecular formula is C18H20FN5OS2. The molecule has 1 unspecified atom stereocenters. The quantitative estimate of drug-likeness (QED) is 0.593. The van der Waals surface area contributed by atoms with Crippen molar-refractivity contribution >= 4 is 34.1 Å². The van der Waals surface area contributed by atoms with Crippen molar-refractivity contribution in [2.24, 2.45) is 5.92 Å². The predicted molar refractivity (Wildman–Crippen MR) is 106 cm³/mol. The number of thioether (sulfide) groups is 1. The molecule has 2 heterocycles. The highest BCUT2D eigenvalue weighted by atomic mass is 32.2. The van der Waals surface area contributed by atoms with E-state index in [1.807, 2.05) is 11.5 Å². The number of aromatic nitrogens is 4. The van der Waals surface area contributed by atoms with Crippen LogP contribution in [-0.4, -0.2) is 30.9 Å². The van der Waals surface area contributed by atoms with Crippen LogP contribution in [0.15, 0.2) is 41.0 Å². The average Bonchev–Trinajstić information content (AvgIpc) is 3.25. The summed E-state index contributed by atoms with van der Waals surface area (Å²) in [6.45, 7) is 6.65. The molecule has 0 spiro atoms. The van der Waals surface area contributed by atoms with Crippen LogP contribution in [0.4, 0.5) is 9.52 Å². The van der Waals surface area contributed by atoms with Crippen LogP contribution < -0.4 is 5.32 Å². The first-order valence-electron chi connectivity index (χ1n) is 8.50. The highest BCUT2D eigenvalue weighted by molar-refractivity contribution is 8.00. The number of anilines is 1. The lowest BCUT2D eigenvalue weighted by atomic mass is 10.2. The Balaban J connectivity index is 1.83. The molecule has 0 radical (unpaired) electrons. The van der Waals surface area contributed by atoms with Crippen LogP contribution in [0.5, 0.6) is 0 Å². The SMILES string of the molecule is CC(C)Cn1c(SC(C)C(=O)Nc2nccs2)nnc1-c1cccc(F)c1. The fraction of sp³-hybridized carbons (Fsp3) is 0.333. The number of nitrogens with zero attached hydrogens (tertiary/aromatic N) is 4. The molecule has 0 fully saturated rings. The number of carbonyl (C=O) groups excluding carboxylic acids is 1. The van der Waals surface area contributed by atoms with Gasteiger partial charge in [0.15, 0.2) is 16.1 Å². The molecule has 0 aliphatic rings. The number of thiazole rings is 1. The topological polar surface area (TPSA) is 72.7 Å². The van der Waals surface area contributed by atoms with Gasteiger partial charge in [0, 0.05) is 23.7 Å². The zero-order valence-corrected chi connectivity index (χ0v) is 16.9. The van der Waals surface area contributed by atoms with Gasteiger partial charge in [-0.05, 0) is 25.0 Å². The standard InChI is InChI=1S/C18H20FN5OS2/c1-11(2)10-24-15(13-5-4-6-14(19)9-13)22-23-18(24)27-12(3)16(25)21-17-20-7-8-26-17/h4-9,11-12H,10H2,1-3H3,(H,20,21,25). The third-order valence-corrected chi connectivity index (χ3v) is 5.43. The molecular weight excluding hydrogens is 385 g/mol. The number of carbonyl (C=O) groups is 1. The van der Waals surface area contributed by atoms with Gasteiger partial charge in [-0.25, -0.2) is 9.37 Å². The summed E-state index contributed by atoms with van der Waals surface area (Å²) >= 11 is 2.69. The molecule has 0 saturated carbocycles. The van der Waals surface area contributed by atoms with Crippen molar-refractivity contribution in [2.75, 3.05) is 5.32 Å². The van der Waals surface area contributed by atoms with E-state index in [2.05, 4.69) is 34.3 Å². The first kappa shape index (κ1) is 19.5. The lowest BCUT2D eigenvalue weighted by Gasteiger charge is -2.14. The van der Waals surface area contributed by atoms with Crippen LogP contribution in [-0.2, 0) is 11.3 Å². The minimum atomic E-state index is -0.385. The summed E-state index contributed by atoms with van der Waals surface area (Å²) in [5.74, 6) is 0.462. The number of nitrogens with one attached hydrogen (secondary N) is 1. The first-order chi connectivity index (χ1) is 12.9. The molecule has 1 amide bonds. The minimum absolute atomic E-state index is 0.152. The largest absolute Gasteiger partial charge is 0.302 e. The highest BCUT2D eigenvalue weighted by Gasteiger charge is 2.22. The van der Waals surface area contributed by atoms with E-state index in [-0.39, 0.29) is 17.0 Å². The van der Waals surface area contributed by atoms with Crippen molar-refractivity contribution in [1.29, 1.82) is 0 Å². The van der Waals surface area contributed by atoms with E-state index < -0.39 is 0 Å². The summed E-state index contributed by atoms with van der Waals surface area (Å²) in [6, 6.07) is 6.29. The van der Waals surface area contributed by atoms with Gasteiger partial charge in [-0.15, -0.1) is 21.5 Å². The zero-order chi connectivity index (χ0) is 19.4. The highest BCUT2D eigenvalue weighted by Crippen LogP contribution is 2.28. The maximum atomic E-state index is 13.6. The smallest absolute Gasteiger partial charge is 0.239 e. The van der Waals surface area contributed by atoms with Crippen molar-refractivity contribution in [2.45, 2.75) is 37.7 Å². The lowest BCUT2D eigenvalue weighted by molar-refractivity contribution is -0.115. The number of halogens is 1. The van der Waals surface area contributed by atoms with Gasteiger partial charge in [-0.3, -0.25) is 4.79 Å². The Morgan fingerprint density at radius 1 is 1.33 bits per heavy atom. The number of rotatable bonds is 7. The van der Waals surface area contributed by atoms with Crippen LogP contribution in [0.2, 0.25) is 0 Å². The summed E-state index contributed by atoms with van der Waals surface area (Å²) in [5, 5.41) is 13.9. The predicted octanol–water partition coefficient (Wildman–Crippen LogP) is 4.32. The molecule has 3 aromatic rings. The summed E-state index contributed by atoms with van der Waals surface area (Å²) < 4.78 is 15.6. The van der Waals surface area contributed by atoms with Crippen molar-refractivity contribution in [3.8, 4) is 11.4 Å². The summed E-state index contributed by atoms with van der Waals surface area (Å²) in [7, 11) is 0.